The molecule has 2 N–H and O–H groups in total. The summed E-state index contributed by atoms with van der Waals surface area (Å²) in [6.45, 7) is 16.0. The van der Waals surface area contributed by atoms with Crippen molar-refractivity contribution in [2.24, 2.45) is 0 Å². The summed E-state index contributed by atoms with van der Waals surface area (Å²) < 4.78 is 85.7. The number of alkyl halides is 6. The van der Waals surface area contributed by atoms with Crippen LogP contribution in [0, 0.1) is 0 Å². The summed E-state index contributed by atoms with van der Waals surface area (Å²) in [7, 11) is 0. The quantitative estimate of drug-likeness (QED) is 0.323. The number of benzene rings is 1. The first-order valence-corrected chi connectivity index (χ1v) is 10.8. The highest BCUT2D eigenvalue weighted by Crippen LogP contribution is 2.52. The molecule has 0 fully saturated rings. The summed E-state index contributed by atoms with van der Waals surface area (Å²) in [6.07, 6.45) is -10.6. The highest BCUT2D eigenvalue weighted by atomic mass is 19.4. The van der Waals surface area contributed by atoms with Gasteiger partial charge in [-0.25, -0.2) is 0 Å². The molecule has 3 nitrogen and oxygen atoms in total. The number of halogens is 6. The minimum Gasteiger partial charge on any atom is -0.399 e. The van der Waals surface area contributed by atoms with E-state index in [0.29, 0.717) is 25.2 Å². The number of rotatable bonds is 8. The summed E-state index contributed by atoms with van der Waals surface area (Å²) in [4.78, 5) is 1.72. The average molecular weight is 463 g/mol. The third-order valence-electron chi connectivity index (χ3n) is 3.83. The highest BCUT2D eigenvalue weighted by Gasteiger charge is 2.73. The van der Waals surface area contributed by atoms with E-state index in [4.69, 9.17) is 5.73 Å². The molecule has 0 aliphatic carbocycles. The molecule has 0 spiro atoms. The van der Waals surface area contributed by atoms with Gasteiger partial charge in [0.15, 0.2) is 0 Å². The van der Waals surface area contributed by atoms with Crippen molar-refractivity contribution in [3.63, 3.8) is 0 Å². The van der Waals surface area contributed by atoms with Gasteiger partial charge in [-0.2, -0.15) is 26.3 Å². The first kappa shape index (κ1) is 34.1. The van der Waals surface area contributed by atoms with Gasteiger partial charge < -0.3 is 15.4 Å². The monoisotopic (exact) mass is 462 g/mol. The second-order valence-electron chi connectivity index (χ2n) is 5.58. The molecule has 1 aromatic rings. The molecule has 0 saturated carbocycles. The van der Waals surface area contributed by atoms with E-state index in [2.05, 4.69) is 4.74 Å². The van der Waals surface area contributed by atoms with Gasteiger partial charge in [0.2, 0.25) is 0 Å². The first-order valence-electron chi connectivity index (χ1n) is 10.8. The van der Waals surface area contributed by atoms with Gasteiger partial charge in [-0.1, -0.05) is 67.5 Å². The predicted molar refractivity (Wildman–Crippen MR) is 117 cm³/mol. The Morgan fingerprint density at radius 2 is 1.19 bits per heavy atom. The molecule has 9 heteroatoms. The van der Waals surface area contributed by atoms with Crippen molar-refractivity contribution in [3.8, 4) is 0 Å². The molecule has 0 amide bonds. The maximum absolute atomic E-state index is 13.5. The molecule has 0 aromatic heterocycles. The second kappa shape index (κ2) is 17.1. The molecule has 1 aromatic carbocycles. The fourth-order valence-corrected chi connectivity index (χ4v) is 2.52. The number of hydrogen-bond donors (Lipinski definition) is 1. The molecule has 0 bridgehead atoms. The smallest absolute Gasteiger partial charge is 0.399 e. The van der Waals surface area contributed by atoms with Crippen LogP contribution in [0.2, 0.25) is 0 Å². The van der Waals surface area contributed by atoms with E-state index in [1.807, 2.05) is 48.5 Å². The van der Waals surface area contributed by atoms with E-state index >= 15 is 0 Å². The lowest BCUT2D eigenvalue weighted by Crippen LogP contribution is -2.56. The molecule has 0 aliphatic rings. The third kappa shape index (κ3) is 10.1. The van der Waals surface area contributed by atoms with Gasteiger partial charge >= 0.3 is 12.4 Å². The average Bonchev–Trinajstić information content (AvgIpc) is 2.74. The van der Waals surface area contributed by atoms with Gasteiger partial charge in [-0.3, -0.25) is 0 Å². The Balaban J connectivity index is -0.00000120. The van der Waals surface area contributed by atoms with E-state index in [1.54, 1.807) is 11.8 Å². The normalized spacial score (nSPS) is 11.5. The summed E-state index contributed by atoms with van der Waals surface area (Å²) in [5, 5.41) is 0. The topological polar surface area (TPSA) is 38.5 Å². The molecule has 0 atom stereocenters. The first-order chi connectivity index (χ1) is 14.5. The lowest BCUT2D eigenvalue weighted by molar-refractivity contribution is -0.389. The minimum atomic E-state index is -5.68. The van der Waals surface area contributed by atoms with Gasteiger partial charge in [0.1, 0.15) is 0 Å². The Morgan fingerprint density at radius 3 is 1.52 bits per heavy atom. The minimum absolute atomic E-state index is 0.0345. The second-order valence-corrected chi connectivity index (χ2v) is 5.58. The SMILES string of the molecule is CC.CC.CC.CCCN(CC)CCOC(c1ccc(N)cc1)(C(F)(F)F)C(F)(F)F. The Kier molecular flexibility index (Phi) is 18.9. The zero-order chi connectivity index (χ0) is 25.3. The summed E-state index contributed by atoms with van der Waals surface area (Å²) in [5.41, 5.74) is -0.00422. The molecule has 1 rings (SSSR count). The van der Waals surface area contributed by atoms with Crippen molar-refractivity contribution in [2.45, 2.75) is 79.8 Å². The van der Waals surface area contributed by atoms with Crippen LogP contribution in [0.3, 0.4) is 0 Å². The fourth-order valence-electron chi connectivity index (χ4n) is 2.52. The van der Waals surface area contributed by atoms with Crippen LogP contribution >= 0.6 is 0 Å². The highest BCUT2D eigenvalue weighted by molar-refractivity contribution is 5.42. The Hall–Kier alpha value is -1.48. The fraction of sp³-hybridized carbons (Fsp3) is 0.727. The third-order valence-corrected chi connectivity index (χ3v) is 3.83. The summed E-state index contributed by atoms with van der Waals surface area (Å²) >= 11 is 0. The van der Waals surface area contributed by atoms with Crippen LogP contribution in [0.4, 0.5) is 32.0 Å². The Labute approximate surface area is 183 Å². The van der Waals surface area contributed by atoms with Crippen LogP contribution in [-0.2, 0) is 10.3 Å². The van der Waals surface area contributed by atoms with Crippen LogP contribution in [-0.4, -0.2) is 43.5 Å². The largest absolute Gasteiger partial charge is 0.430 e. The summed E-state index contributed by atoms with van der Waals surface area (Å²) in [5.74, 6) is 0. The molecular weight excluding hydrogens is 422 g/mol. The molecular formula is C22H40F6N2O. The van der Waals surface area contributed by atoms with Crippen LogP contribution in [0.25, 0.3) is 0 Å². The lowest BCUT2D eigenvalue weighted by atomic mass is 9.91. The molecule has 186 valence electrons. The van der Waals surface area contributed by atoms with Crippen molar-refractivity contribution >= 4 is 5.69 Å². The number of nitrogens with zero attached hydrogens (tertiary/aromatic N) is 1. The predicted octanol–water partition coefficient (Wildman–Crippen LogP) is 7.42. The number of hydrogen-bond acceptors (Lipinski definition) is 3. The van der Waals surface area contributed by atoms with Crippen molar-refractivity contribution < 1.29 is 31.1 Å². The number of nitrogens with two attached hydrogens (primary N) is 1. The van der Waals surface area contributed by atoms with Crippen LogP contribution < -0.4 is 5.73 Å². The molecule has 0 radical (unpaired) electrons. The van der Waals surface area contributed by atoms with Crippen molar-refractivity contribution in [1.82, 2.24) is 4.90 Å². The maximum Gasteiger partial charge on any atom is 0.430 e. The van der Waals surface area contributed by atoms with Gasteiger partial charge in [0.05, 0.1) is 6.61 Å². The Bertz CT molecular complexity index is 516. The van der Waals surface area contributed by atoms with E-state index < -0.39 is 30.1 Å². The molecule has 0 heterocycles. The maximum atomic E-state index is 13.5. The van der Waals surface area contributed by atoms with E-state index in [9.17, 15) is 26.3 Å². The molecule has 31 heavy (non-hydrogen) atoms. The van der Waals surface area contributed by atoms with Gasteiger partial charge in [-0.15, -0.1) is 0 Å². The molecule has 0 saturated heterocycles. The van der Waals surface area contributed by atoms with Crippen molar-refractivity contribution in [3.05, 3.63) is 29.8 Å². The van der Waals surface area contributed by atoms with E-state index in [1.165, 1.54) is 0 Å². The number of likely N-dealkylation sites (N-methyl/N-ethyl adjacent to an activating group) is 1. The zero-order valence-corrected chi connectivity index (χ0v) is 20.0. The zero-order valence-electron chi connectivity index (χ0n) is 20.0. The lowest BCUT2D eigenvalue weighted by Gasteiger charge is -2.38. The van der Waals surface area contributed by atoms with E-state index in [0.717, 1.165) is 18.6 Å². The summed E-state index contributed by atoms with van der Waals surface area (Å²) in [6, 6.07) is 3.36. The van der Waals surface area contributed by atoms with Crippen molar-refractivity contribution in [1.29, 1.82) is 0 Å². The molecule has 0 unspecified atom stereocenters. The van der Waals surface area contributed by atoms with Gasteiger partial charge in [0, 0.05) is 17.8 Å². The van der Waals surface area contributed by atoms with Crippen LogP contribution in [0.1, 0.15) is 67.4 Å². The Morgan fingerprint density at radius 1 is 0.774 bits per heavy atom. The van der Waals surface area contributed by atoms with Crippen LogP contribution in [0.5, 0.6) is 0 Å². The number of ether oxygens (including phenoxy) is 1. The van der Waals surface area contributed by atoms with Gasteiger partial charge in [-0.05, 0) is 31.6 Å². The number of nitrogen functional groups attached to an aromatic ring is 1. The number of anilines is 1. The standard InChI is InChI=1S/C16H22F6N2O.3C2H6/c1-3-9-24(4-2)10-11-25-14(15(17,18)19,16(20,21)22)12-5-7-13(23)8-6-12;3*1-2/h5-8H,3-4,9-11,23H2,1-2H3;3*1-2H3. The molecule has 0 aliphatic heterocycles. The van der Waals surface area contributed by atoms with Crippen LogP contribution in [0.15, 0.2) is 24.3 Å². The van der Waals surface area contributed by atoms with Crippen molar-refractivity contribution in [2.75, 3.05) is 32.0 Å². The van der Waals surface area contributed by atoms with E-state index in [-0.39, 0.29) is 12.2 Å². The van der Waals surface area contributed by atoms with Gasteiger partial charge in [0.25, 0.3) is 5.60 Å².